The first-order valence-corrected chi connectivity index (χ1v) is 8.74. The number of carbonyl (C=O) groups is 2. The van der Waals surface area contributed by atoms with Crippen molar-refractivity contribution in [3.05, 3.63) is 28.0 Å². The summed E-state index contributed by atoms with van der Waals surface area (Å²) in [6, 6.07) is 2.49. The highest BCUT2D eigenvalue weighted by atomic mass is 79.9. The third kappa shape index (κ3) is 4.18. The van der Waals surface area contributed by atoms with Gasteiger partial charge in [0.25, 0.3) is 0 Å². The van der Waals surface area contributed by atoms with E-state index in [1.54, 1.807) is 0 Å². The first-order valence-electron chi connectivity index (χ1n) is 7.95. The van der Waals surface area contributed by atoms with E-state index < -0.39 is 5.82 Å². The quantitative estimate of drug-likeness (QED) is 0.783. The smallest absolute Gasteiger partial charge is 0.227 e. The van der Waals surface area contributed by atoms with Gasteiger partial charge in [-0.25, -0.2) is 4.39 Å². The number of rotatable bonds is 5. The maximum Gasteiger partial charge on any atom is 0.227 e. The van der Waals surface area contributed by atoms with Gasteiger partial charge in [0.05, 0.1) is 5.69 Å². The molecular formula is C17H19BrFNO3. The van der Waals surface area contributed by atoms with Crippen LogP contribution in [0.2, 0.25) is 0 Å². The van der Waals surface area contributed by atoms with Gasteiger partial charge >= 0.3 is 0 Å². The van der Waals surface area contributed by atoms with E-state index in [1.165, 1.54) is 12.1 Å². The van der Waals surface area contributed by atoms with Crippen molar-refractivity contribution in [2.24, 2.45) is 11.8 Å². The van der Waals surface area contributed by atoms with Crippen LogP contribution in [0.25, 0.3) is 0 Å². The Morgan fingerprint density at radius 3 is 2.57 bits per heavy atom. The zero-order valence-electron chi connectivity index (χ0n) is 12.7. The van der Waals surface area contributed by atoms with Crippen LogP contribution < -0.4 is 5.32 Å². The minimum absolute atomic E-state index is 0.116. The molecule has 1 aromatic rings. The van der Waals surface area contributed by atoms with E-state index >= 15 is 0 Å². The van der Waals surface area contributed by atoms with E-state index in [2.05, 4.69) is 21.2 Å². The van der Waals surface area contributed by atoms with Crippen LogP contribution in [-0.4, -0.2) is 24.9 Å². The van der Waals surface area contributed by atoms with Gasteiger partial charge in [0.2, 0.25) is 5.91 Å². The van der Waals surface area contributed by atoms with Crippen molar-refractivity contribution >= 4 is 33.3 Å². The zero-order valence-corrected chi connectivity index (χ0v) is 14.3. The van der Waals surface area contributed by atoms with E-state index in [0.29, 0.717) is 48.6 Å². The molecule has 6 heteroatoms. The molecule has 124 valence electrons. The Morgan fingerprint density at radius 1 is 1.22 bits per heavy atom. The molecule has 0 radical (unpaired) electrons. The number of carbonyl (C=O) groups excluding carboxylic acids is 2. The van der Waals surface area contributed by atoms with Crippen LogP contribution in [0.5, 0.6) is 0 Å². The molecule has 1 heterocycles. The van der Waals surface area contributed by atoms with Gasteiger partial charge in [0.15, 0.2) is 5.78 Å². The molecule has 1 amide bonds. The Morgan fingerprint density at radius 2 is 1.91 bits per heavy atom. The van der Waals surface area contributed by atoms with E-state index in [0.717, 1.165) is 12.8 Å². The fraction of sp³-hybridized carbons (Fsp3) is 0.529. The largest absolute Gasteiger partial charge is 0.381 e. The second kappa shape index (κ2) is 7.09. The summed E-state index contributed by atoms with van der Waals surface area (Å²) in [4.78, 5) is 24.8. The number of ether oxygens (including phenoxy) is 1. The van der Waals surface area contributed by atoms with Gasteiger partial charge in [-0.05, 0) is 59.7 Å². The maximum absolute atomic E-state index is 13.7. The van der Waals surface area contributed by atoms with Crippen LogP contribution in [0.15, 0.2) is 16.6 Å². The molecular weight excluding hydrogens is 365 g/mol. The topological polar surface area (TPSA) is 55.4 Å². The van der Waals surface area contributed by atoms with Gasteiger partial charge < -0.3 is 10.1 Å². The molecule has 23 heavy (non-hydrogen) atoms. The molecule has 0 unspecified atom stereocenters. The average Bonchev–Trinajstić information content (AvgIpc) is 3.34. The molecule has 0 bridgehead atoms. The molecule has 1 aromatic carbocycles. The molecule has 2 fully saturated rings. The molecule has 1 aliphatic carbocycles. The highest BCUT2D eigenvalue weighted by molar-refractivity contribution is 9.10. The number of halogens is 2. The van der Waals surface area contributed by atoms with Gasteiger partial charge in [-0.15, -0.1) is 0 Å². The molecule has 1 aliphatic heterocycles. The van der Waals surface area contributed by atoms with Crippen molar-refractivity contribution in [2.75, 3.05) is 18.5 Å². The number of amides is 1. The summed E-state index contributed by atoms with van der Waals surface area (Å²) in [5.74, 6) is -0.466. The van der Waals surface area contributed by atoms with E-state index in [1.807, 2.05) is 0 Å². The lowest BCUT2D eigenvalue weighted by atomic mass is 9.98. The third-order valence-corrected chi connectivity index (χ3v) is 4.99. The van der Waals surface area contributed by atoms with Crippen LogP contribution >= 0.6 is 15.9 Å². The van der Waals surface area contributed by atoms with Crippen LogP contribution in [-0.2, 0) is 9.53 Å². The molecule has 1 N–H and O–H groups in total. The van der Waals surface area contributed by atoms with Gasteiger partial charge in [0, 0.05) is 35.6 Å². The summed E-state index contributed by atoms with van der Waals surface area (Å²) in [6.07, 6.45) is 3.83. The van der Waals surface area contributed by atoms with Gasteiger partial charge in [0.1, 0.15) is 5.82 Å². The fourth-order valence-corrected chi connectivity index (χ4v) is 3.33. The predicted molar refractivity (Wildman–Crippen MR) is 87.9 cm³/mol. The third-order valence-electron chi connectivity index (χ3n) is 4.37. The summed E-state index contributed by atoms with van der Waals surface area (Å²) >= 11 is 3.27. The van der Waals surface area contributed by atoms with Gasteiger partial charge in [-0.3, -0.25) is 9.59 Å². The summed E-state index contributed by atoms with van der Waals surface area (Å²) in [7, 11) is 0. The second-order valence-electron chi connectivity index (χ2n) is 6.26. The van der Waals surface area contributed by atoms with Crippen LogP contribution in [0.4, 0.5) is 10.1 Å². The fourth-order valence-electron chi connectivity index (χ4n) is 2.80. The molecule has 4 nitrogen and oxygen atoms in total. The second-order valence-corrected chi connectivity index (χ2v) is 7.11. The van der Waals surface area contributed by atoms with Crippen molar-refractivity contribution in [1.82, 2.24) is 0 Å². The molecule has 2 aliphatic rings. The highest BCUT2D eigenvalue weighted by Crippen LogP contribution is 2.36. The lowest BCUT2D eigenvalue weighted by Crippen LogP contribution is -2.29. The van der Waals surface area contributed by atoms with Crippen LogP contribution in [0.1, 0.15) is 42.5 Å². The van der Waals surface area contributed by atoms with E-state index in [-0.39, 0.29) is 23.2 Å². The summed E-state index contributed by atoms with van der Waals surface area (Å²) in [5.41, 5.74) is 0.637. The normalized spacial score (nSPS) is 18.7. The monoisotopic (exact) mass is 383 g/mol. The summed E-state index contributed by atoms with van der Waals surface area (Å²) in [5, 5.41) is 2.82. The van der Waals surface area contributed by atoms with Crippen LogP contribution in [0.3, 0.4) is 0 Å². The number of hydrogen-bond donors (Lipinski definition) is 1. The Balaban J connectivity index is 1.81. The minimum Gasteiger partial charge on any atom is -0.381 e. The molecule has 0 spiro atoms. The predicted octanol–water partition coefficient (Wildman–Crippen LogP) is 3.94. The lowest BCUT2D eigenvalue weighted by Gasteiger charge is -2.22. The Labute approximate surface area is 142 Å². The van der Waals surface area contributed by atoms with Crippen molar-refractivity contribution in [1.29, 1.82) is 0 Å². The van der Waals surface area contributed by atoms with Gasteiger partial charge in [-0.1, -0.05) is 0 Å². The summed E-state index contributed by atoms with van der Waals surface area (Å²) in [6.45, 7) is 1.13. The minimum atomic E-state index is -0.486. The van der Waals surface area contributed by atoms with Crippen LogP contribution in [0, 0.1) is 17.7 Å². The molecule has 0 aromatic heterocycles. The van der Waals surface area contributed by atoms with E-state index in [4.69, 9.17) is 4.74 Å². The number of Topliss-reactive ketones (excluding diaryl/α,β-unsaturated/α-hetero) is 1. The number of ketones is 1. The Kier molecular flexibility index (Phi) is 5.11. The molecule has 1 saturated heterocycles. The highest BCUT2D eigenvalue weighted by Gasteiger charge is 2.28. The SMILES string of the molecule is O=C(CC1CC1)c1cc(F)cc(Br)c1NC(=O)C1CCOCC1. The number of nitrogens with one attached hydrogen (secondary N) is 1. The summed E-state index contributed by atoms with van der Waals surface area (Å²) < 4.78 is 19.4. The average molecular weight is 384 g/mol. The van der Waals surface area contributed by atoms with Crippen molar-refractivity contribution < 1.29 is 18.7 Å². The first-order chi connectivity index (χ1) is 11.0. The van der Waals surface area contributed by atoms with Gasteiger partial charge in [-0.2, -0.15) is 0 Å². The Bertz CT molecular complexity index is 625. The standard InChI is InChI=1S/C17H19BrFNO3/c18-14-9-12(19)8-13(15(21)7-10-1-2-10)16(14)20-17(22)11-3-5-23-6-4-11/h8-11H,1-7H2,(H,20,22). The van der Waals surface area contributed by atoms with Crippen molar-refractivity contribution in [2.45, 2.75) is 32.1 Å². The Hall–Kier alpha value is -1.27. The number of anilines is 1. The zero-order chi connectivity index (χ0) is 16.4. The first kappa shape index (κ1) is 16.6. The number of benzene rings is 1. The lowest BCUT2D eigenvalue weighted by molar-refractivity contribution is -0.122. The number of hydrogen-bond acceptors (Lipinski definition) is 3. The molecule has 3 rings (SSSR count). The van der Waals surface area contributed by atoms with Crippen molar-refractivity contribution in [3.8, 4) is 0 Å². The molecule has 0 atom stereocenters. The van der Waals surface area contributed by atoms with Crippen molar-refractivity contribution in [3.63, 3.8) is 0 Å². The molecule has 1 saturated carbocycles. The maximum atomic E-state index is 13.7. The van der Waals surface area contributed by atoms with E-state index in [9.17, 15) is 14.0 Å².